The third-order valence-corrected chi connectivity index (χ3v) is 1.96. The Morgan fingerprint density at radius 1 is 1.50 bits per heavy atom. The van der Waals surface area contributed by atoms with Crippen molar-refractivity contribution in [1.29, 1.82) is 0 Å². The Kier molecular flexibility index (Phi) is 4.10. The maximum absolute atomic E-state index is 9.53. The Labute approximate surface area is 84.2 Å². The summed E-state index contributed by atoms with van der Waals surface area (Å²) < 4.78 is 1.82. The van der Waals surface area contributed by atoms with Gasteiger partial charge in [-0.25, -0.2) is 0 Å². The molecule has 4 nitrogen and oxygen atoms in total. The molecule has 1 aromatic heterocycles. The second kappa shape index (κ2) is 5.12. The lowest BCUT2D eigenvalue weighted by molar-refractivity contribution is 0.129. The first-order valence-electron chi connectivity index (χ1n) is 4.95. The molecular weight excluding hydrogens is 180 g/mol. The second-order valence-electron chi connectivity index (χ2n) is 3.88. The highest BCUT2D eigenvalue weighted by molar-refractivity contribution is 5.02. The van der Waals surface area contributed by atoms with Crippen LogP contribution in [0, 0.1) is 5.92 Å². The third kappa shape index (κ3) is 3.12. The molecule has 0 amide bonds. The van der Waals surface area contributed by atoms with E-state index in [1.807, 2.05) is 10.9 Å². The SMILES string of the molecule is CC(C)Cn1ccc([C@H](O)CCO)n1. The molecule has 0 aromatic carbocycles. The Morgan fingerprint density at radius 2 is 2.21 bits per heavy atom. The van der Waals surface area contributed by atoms with Crippen LogP contribution in [0.5, 0.6) is 0 Å². The van der Waals surface area contributed by atoms with Crippen LogP contribution < -0.4 is 0 Å². The molecule has 2 N–H and O–H groups in total. The van der Waals surface area contributed by atoms with Crippen LogP contribution in [0.25, 0.3) is 0 Å². The molecule has 0 radical (unpaired) electrons. The molecule has 0 fully saturated rings. The zero-order valence-corrected chi connectivity index (χ0v) is 8.72. The fourth-order valence-corrected chi connectivity index (χ4v) is 1.30. The summed E-state index contributed by atoms with van der Waals surface area (Å²) in [5.41, 5.74) is 0.639. The topological polar surface area (TPSA) is 58.3 Å². The first-order valence-corrected chi connectivity index (χ1v) is 4.95. The van der Waals surface area contributed by atoms with Crippen molar-refractivity contribution in [3.8, 4) is 0 Å². The van der Waals surface area contributed by atoms with Crippen LogP contribution in [-0.2, 0) is 6.54 Å². The molecule has 0 unspecified atom stereocenters. The van der Waals surface area contributed by atoms with Gasteiger partial charge in [0.2, 0.25) is 0 Å². The number of hydrogen-bond donors (Lipinski definition) is 2. The molecule has 1 aromatic rings. The van der Waals surface area contributed by atoms with Gasteiger partial charge in [0.05, 0.1) is 11.8 Å². The molecule has 0 aliphatic heterocycles. The smallest absolute Gasteiger partial charge is 0.1000 e. The Bertz CT molecular complexity index is 271. The van der Waals surface area contributed by atoms with Crippen molar-refractivity contribution in [1.82, 2.24) is 9.78 Å². The molecule has 0 aliphatic carbocycles. The van der Waals surface area contributed by atoms with Crippen LogP contribution in [0.1, 0.15) is 32.1 Å². The molecule has 1 heterocycles. The van der Waals surface area contributed by atoms with Crippen molar-refractivity contribution in [3.05, 3.63) is 18.0 Å². The fourth-order valence-electron chi connectivity index (χ4n) is 1.30. The molecule has 0 spiro atoms. The monoisotopic (exact) mass is 198 g/mol. The fraction of sp³-hybridized carbons (Fsp3) is 0.700. The van der Waals surface area contributed by atoms with E-state index in [0.29, 0.717) is 18.0 Å². The third-order valence-electron chi connectivity index (χ3n) is 1.96. The molecule has 0 bridgehead atoms. The summed E-state index contributed by atoms with van der Waals surface area (Å²) in [6.45, 7) is 5.07. The van der Waals surface area contributed by atoms with Gasteiger partial charge in [0.15, 0.2) is 0 Å². The summed E-state index contributed by atoms with van der Waals surface area (Å²) in [7, 11) is 0. The van der Waals surface area contributed by atoms with Gasteiger partial charge in [0.1, 0.15) is 0 Å². The summed E-state index contributed by atoms with van der Waals surface area (Å²) in [5, 5.41) is 22.4. The minimum atomic E-state index is -0.645. The van der Waals surface area contributed by atoms with Crippen LogP contribution in [0.15, 0.2) is 12.3 Å². The zero-order chi connectivity index (χ0) is 10.6. The van der Waals surface area contributed by atoms with Gasteiger partial charge in [-0.05, 0) is 12.0 Å². The largest absolute Gasteiger partial charge is 0.396 e. The lowest BCUT2D eigenvalue weighted by Gasteiger charge is -2.06. The summed E-state index contributed by atoms with van der Waals surface area (Å²) in [6, 6.07) is 1.79. The molecule has 80 valence electrons. The molecule has 1 rings (SSSR count). The number of rotatable bonds is 5. The Hall–Kier alpha value is -0.870. The van der Waals surface area contributed by atoms with Gasteiger partial charge in [0, 0.05) is 25.8 Å². The average Bonchev–Trinajstić information content (AvgIpc) is 2.52. The Balaban J connectivity index is 2.58. The summed E-state index contributed by atoms with van der Waals surface area (Å²) in [5.74, 6) is 0.540. The van der Waals surface area contributed by atoms with E-state index < -0.39 is 6.10 Å². The molecule has 0 saturated heterocycles. The number of nitrogens with zero attached hydrogens (tertiary/aromatic N) is 2. The highest BCUT2D eigenvalue weighted by Crippen LogP contribution is 2.13. The summed E-state index contributed by atoms with van der Waals surface area (Å²) in [4.78, 5) is 0. The molecule has 4 heteroatoms. The van der Waals surface area contributed by atoms with Crippen molar-refractivity contribution in [2.24, 2.45) is 5.92 Å². The van der Waals surface area contributed by atoms with Crippen molar-refractivity contribution in [2.75, 3.05) is 6.61 Å². The average molecular weight is 198 g/mol. The highest BCUT2D eigenvalue weighted by Gasteiger charge is 2.10. The van der Waals surface area contributed by atoms with Gasteiger partial charge < -0.3 is 10.2 Å². The Morgan fingerprint density at radius 3 is 2.79 bits per heavy atom. The number of aromatic nitrogens is 2. The molecule has 14 heavy (non-hydrogen) atoms. The maximum Gasteiger partial charge on any atom is 0.1000 e. The van der Waals surface area contributed by atoms with Crippen LogP contribution in [0.3, 0.4) is 0 Å². The summed E-state index contributed by atoms with van der Waals surface area (Å²) in [6.07, 6.45) is 1.56. The first-order chi connectivity index (χ1) is 6.63. The van der Waals surface area contributed by atoms with E-state index in [0.717, 1.165) is 6.54 Å². The lowest BCUT2D eigenvalue weighted by Crippen LogP contribution is -2.07. The van der Waals surface area contributed by atoms with E-state index >= 15 is 0 Å². The van der Waals surface area contributed by atoms with Gasteiger partial charge in [-0.15, -0.1) is 0 Å². The minimum absolute atomic E-state index is 0.0157. The van der Waals surface area contributed by atoms with Crippen LogP contribution in [0.4, 0.5) is 0 Å². The van der Waals surface area contributed by atoms with Gasteiger partial charge in [-0.2, -0.15) is 5.10 Å². The van der Waals surface area contributed by atoms with Crippen molar-refractivity contribution >= 4 is 0 Å². The molecular formula is C10H18N2O2. The van der Waals surface area contributed by atoms with Gasteiger partial charge in [-0.1, -0.05) is 13.8 Å². The standard InChI is InChI=1S/C10H18N2O2/c1-8(2)7-12-5-3-9(11-12)10(14)4-6-13/h3,5,8,10,13-14H,4,6-7H2,1-2H3/t10-/m1/s1. The van der Waals surface area contributed by atoms with Gasteiger partial charge in [-0.3, -0.25) is 4.68 Å². The number of hydrogen-bond acceptors (Lipinski definition) is 3. The van der Waals surface area contributed by atoms with E-state index in [2.05, 4.69) is 18.9 Å². The predicted octanol–water partition coefficient (Wildman–Crippen LogP) is 0.955. The molecule has 1 atom stereocenters. The summed E-state index contributed by atoms with van der Waals surface area (Å²) >= 11 is 0. The second-order valence-corrected chi connectivity index (χ2v) is 3.88. The normalized spacial score (nSPS) is 13.5. The molecule has 0 aliphatic rings. The van der Waals surface area contributed by atoms with E-state index in [-0.39, 0.29) is 6.61 Å². The van der Waals surface area contributed by atoms with E-state index in [1.165, 1.54) is 0 Å². The van der Waals surface area contributed by atoms with E-state index in [4.69, 9.17) is 5.11 Å². The van der Waals surface area contributed by atoms with Crippen molar-refractivity contribution < 1.29 is 10.2 Å². The van der Waals surface area contributed by atoms with E-state index in [9.17, 15) is 5.11 Å². The molecule has 0 saturated carbocycles. The van der Waals surface area contributed by atoms with Crippen LogP contribution in [0.2, 0.25) is 0 Å². The van der Waals surface area contributed by atoms with Crippen LogP contribution in [-0.4, -0.2) is 26.6 Å². The number of aliphatic hydroxyl groups is 2. The van der Waals surface area contributed by atoms with Gasteiger partial charge >= 0.3 is 0 Å². The van der Waals surface area contributed by atoms with Gasteiger partial charge in [0.25, 0.3) is 0 Å². The quantitative estimate of drug-likeness (QED) is 0.740. The zero-order valence-electron chi connectivity index (χ0n) is 8.72. The highest BCUT2D eigenvalue weighted by atomic mass is 16.3. The first kappa shape index (κ1) is 11.2. The van der Waals surface area contributed by atoms with E-state index in [1.54, 1.807) is 6.07 Å². The van der Waals surface area contributed by atoms with Crippen molar-refractivity contribution in [3.63, 3.8) is 0 Å². The maximum atomic E-state index is 9.53. The minimum Gasteiger partial charge on any atom is -0.396 e. The lowest BCUT2D eigenvalue weighted by atomic mass is 10.2. The van der Waals surface area contributed by atoms with Crippen molar-refractivity contribution in [2.45, 2.75) is 32.9 Å². The predicted molar refractivity (Wildman–Crippen MR) is 53.7 cm³/mol. The number of aliphatic hydroxyl groups excluding tert-OH is 2. The van der Waals surface area contributed by atoms with Crippen LogP contribution >= 0.6 is 0 Å².